The summed E-state index contributed by atoms with van der Waals surface area (Å²) in [4.78, 5) is 11.8. The molecule has 0 unspecified atom stereocenters. The normalized spacial score (nSPS) is 10.5. The topological polar surface area (TPSA) is 69.6 Å². The number of carbonyl (C=O) groups is 1. The lowest BCUT2D eigenvalue weighted by atomic mass is 10.1. The molecule has 21 heavy (non-hydrogen) atoms. The number of aromatic hydroxyl groups is 1. The molecule has 0 bridgehead atoms. The lowest BCUT2D eigenvalue weighted by Gasteiger charge is -2.08. The van der Waals surface area contributed by atoms with Crippen molar-refractivity contribution in [3.63, 3.8) is 0 Å². The fraction of sp³-hybridized carbons (Fsp3) is 0.0714. The minimum atomic E-state index is -1.75. The zero-order valence-corrected chi connectivity index (χ0v) is 10.5. The van der Waals surface area contributed by atoms with E-state index in [1.807, 2.05) is 0 Å². The summed E-state index contributed by atoms with van der Waals surface area (Å²) < 4.78 is 39.6. The van der Waals surface area contributed by atoms with Crippen LogP contribution >= 0.6 is 0 Å². The van der Waals surface area contributed by atoms with Crippen LogP contribution in [-0.2, 0) is 6.61 Å². The van der Waals surface area contributed by atoms with Gasteiger partial charge in [0.25, 0.3) is 5.91 Å². The van der Waals surface area contributed by atoms with Crippen LogP contribution < -0.4 is 5.32 Å². The maximum atomic E-state index is 13.6. The van der Waals surface area contributed by atoms with Crippen molar-refractivity contribution >= 4 is 11.6 Å². The molecule has 2 aromatic rings. The van der Waals surface area contributed by atoms with Crippen LogP contribution in [0.3, 0.4) is 0 Å². The van der Waals surface area contributed by atoms with Crippen molar-refractivity contribution in [2.24, 2.45) is 0 Å². The second-order valence-electron chi connectivity index (χ2n) is 4.19. The van der Waals surface area contributed by atoms with E-state index >= 15 is 0 Å². The van der Waals surface area contributed by atoms with E-state index in [0.717, 1.165) is 0 Å². The third kappa shape index (κ3) is 2.97. The SMILES string of the molecule is O=C(Nc1ccc(CO)cc1)c1cc(F)c(F)c(O)c1F. The number of phenolic OH excluding ortho intramolecular Hbond substituents is 1. The highest BCUT2D eigenvalue weighted by Gasteiger charge is 2.22. The largest absolute Gasteiger partial charge is 0.503 e. The summed E-state index contributed by atoms with van der Waals surface area (Å²) >= 11 is 0. The van der Waals surface area contributed by atoms with Gasteiger partial charge in [-0.3, -0.25) is 4.79 Å². The minimum absolute atomic E-state index is 0.181. The molecule has 4 nitrogen and oxygen atoms in total. The van der Waals surface area contributed by atoms with E-state index in [-0.39, 0.29) is 12.3 Å². The third-order valence-electron chi connectivity index (χ3n) is 2.77. The van der Waals surface area contributed by atoms with Gasteiger partial charge in [-0.15, -0.1) is 0 Å². The molecule has 3 N–H and O–H groups in total. The molecule has 7 heteroatoms. The number of carbonyl (C=O) groups excluding carboxylic acids is 1. The quantitative estimate of drug-likeness (QED) is 0.763. The monoisotopic (exact) mass is 297 g/mol. The van der Waals surface area contributed by atoms with E-state index in [4.69, 9.17) is 10.2 Å². The molecule has 0 atom stereocenters. The maximum absolute atomic E-state index is 13.6. The number of aliphatic hydroxyl groups is 1. The zero-order valence-electron chi connectivity index (χ0n) is 10.5. The van der Waals surface area contributed by atoms with Crippen molar-refractivity contribution in [3.05, 3.63) is 58.9 Å². The van der Waals surface area contributed by atoms with Gasteiger partial charge in [0, 0.05) is 5.69 Å². The predicted molar refractivity (Wildman–Crippen MR) is 68.3 cm³/mol. The summed E-state index contributed by atoms with van der Waals surface area (Å²) in [5.74, 6) is -7.42. The Balaban J connectivity index is 2.28. The molecular formula is C14H10F3NO3. The number of aliphatic hydroxyl groups excluding tert-OH is 1. The molecule has 1 amide bonds. The molecule has 0 spiro atoms. The first kappa shape index (κ1) is 14.9. The lowest BCUT2D eigenvalue weighted by molar-refractivity contribution is 0.102. The summed E-state index contributed by atoms with van der Waals surface area (Å²) in [7, 11) is 0. The van der Waals surface area contributed by atoms with Crippen LogP contribution in [0.1, 0.15) is 15.9 Å². The smallest absolute Gasteiger partial charge is 0.258 e. The Hall–Kier alpha value is -2.54. The molecule has 0 aliphatic rings. The molecule has 0 radical (unpaired) electrons. The Labute approximate surface area is 117 Å². The van der Waals surface area contributed by atoms with Crippen molar-refractivity contribution in [3.8, 4) is 5.75 Å². The third-order valence-corrected chi connectivity index (χ3v) is 2.77. The first-order valence-electron chi connectivity index (χ1n) is 5.81. The van der Waals surface area contributed by atoms with E-state index in [9.17, 15) is 18.0 Å². The Bertz CT molecular complexity index is 687. The lowest BCUT2D eigenvalue weighted by Crippen LogP contribution is -2.15. The van der Waals surface area contributed by atoms with Crippen molar-refractivity contribution in [2.75, 3.05) is 5.32 Å². The van der Waals surface area contributed by atoms with Gasteiger partial charge in [0.15, 0.2) is 17.4 Å². The predicted octanol–water partition coefficient (Wildman–Crippen LogP) is 2.55. The average Bonchev–Trinajstić information content (AvgIpc) is 2.49. The summed E-state index contributed by atoms with van der Waals surface area (Å²) in [5, 5.41) is 20.2. The van der Waals surface area contributed by atoms with Gasteiger partial charge in [0.1, 0.15) is 0 Å². The Morgan fingerprint density at radius 3 is 2.29 bits per heavy atom. The molecule has 0 saturated carbocycles. The highest BCUT2D eigenvalue weighted by molar-refractivity contribution is 6.04. The number of anilines is 1. The minimum Gasteiger partial charge on any atom is -0.503 e. The van der Waals surface area contributed by atoms with Gasteiger partial charge >= 0.3 is 0 Å². The second-order valence-corrected chi connectivity index (χ2v) is 4.19. The van der Waals surface area contributed by atoms with E-state index in [2.05, 4.69) is 5.32 Å². The summed E-state index contributed by atoms with van der Waals surface area (Å²) in [6.07, 6.45) is 0. The zero-order chi connectivity index (χ0) is 15.6. The number of halogens is 3. The molecule has 2 aromatic carbocycles. The standard InChI is InChI=1S/C14H10F3NO3/c15-10-5-9(11(16)13(20)12(10)17)14(21)18-8-3-1-7(6-19)2-4-8/h1-5,19-20H,6H2,(H,18,21). The van der Waals surface area contributed by atoms with Gasteiger partial charge in [0.05, 0.1) is 12.2 Å². The van der Waals surface area contributed by atoms with Crippen LogP contribution in [0.2, 0.25) is 0 Å². The van der Waals surface area contributed by atoms with Crippen molar-refractivity contribution in [1.82, 2.24) is 0 Å². The number of hydrogen-bond acceptors (Lipinski definition) is 3. The maximum Gasteiger partial charge on any atom is 0.258 e. The molecule has 0 fully saturated rings. The molecular weight excluding hydrogens is 287 g/mol. The molecule has 0 heterocycles. The van der Waals surface area contributed by atoms with Crippen LogP contribution in [0.5, 0.6) is 5.75 Å². The first-order valence-corrected chi connectivity index (χ1v) is 5.81. The van der Waals surface area contributed by atoms with E-state index in [0.29, 0.717) is 11.6 Å². The summed E-state index contributed by atoms with van der Waals surface area (Å²) in [6.45, 7) is -0.181. The van der Waals surface area contributed by atoms with Crippen molar-refractivity contribution in [2.45, 2.75) is 6.61 Å². The van der Waals surface area contributed by atoms with Gasteiger partial charge in [-0.2, -0.15) is 4.39 Å². The second kappa shape index (κ2) is 5.84. The van der Waals surface area contributed by atoms with Crippen LogP contribution in [0, 0.1) is 17.5 Å². The number of rotatable bonds is 3. The summed E-state index contributed by atoms with van der Waals surface area (Å²) in [5.41, 5.74) is 0.0445. The highest BCUT2D eigenvalue weighted by Crippen LogP contribution is 2.26. The van der Waals surface area contributed by atoms with Gasteiger partial charge in [-0.05, 0) is 23.8 Å². The summed E-state index contributed by atoms with van der Waals surface area (Å²) in [6, 6.07) is 6.30. The average molecular weight is 297 g/mol. The van der Waals surface area contributed by atoms with Gasteiger partial charge < -0.3 is 15.5 Å². The van der Waals surface area contributed by atoms with Gasteiger partial charge in [-0.1, -0.05) is 12.1 Å². The number of nitrogens with one attached hydrogen (secondary N) is 1. The van der Waals surface area contributed by atoms with Gasteiger partial charge in [-0.25, -0.2) is 8.78 Å². The van der Waals surface area contributed by atoms with Crippen LogP contribution in [-0.4, -0.2) is 16.1 Å². The molecule has 0 aliphatic carbocycles. The number of phenols is 1. The number of hydrogen-bond donors (Lipinski definition) is 3. The fourth-order valence-corrected chi connectivity index (χ4v) is 1.65. The van der Waals surface area contributed by atoms with E-state index in [1.165, 1.54) is 24.3 Å². The fourth-order valence-electron chi connectivity index (χ4n) is 1.65. The van der Waals surface area contributed by atoms with E-state index < -0.39 is 34.7 Å². The molecule has 0 aromatic heterocycles. The molecule has 0 aliphatic heterocycles. The first-order chi connectivity index (χ1) is 9.93. The number of amides is 1. The van der Waals surface area contributed by atoms with Crippen LogP contribution in [0.15, 0.2) is 30.3 Å². The van der Waals surface area contributed by atoms with Crippen LogP contribution in [0.4, 0.5) is 18.9 Å². The van der Waals surface area contributed by atoms with E-state index in [1.54, 1.807) is 0 Å². The Morgan fingerprint density at radius 2 is 1.71 bits per heavy atom. The van der Waals surface area contributed by atoms with Crippen molar-refractivity contribution < 1.29 is 28.2 Å². The Kier molecular flexibility index (Phi) is 4.13. The number of benzene rings is 2. The molecule has 2 rings (SSSR count). The van der Waals surface area contributed by atoms with Gasteiger partial charge in [0.2, 0.25) is 5.82 Å². The molecule has 110 valence electrons. The highest BCUT2D eigenvalue weighted by atomic mass is 19.2. The Morgan fingerprint density at radius 1 is 1.10 bits per heavy atom. The molecule has 0 saturated heterocycles. The van der Waals surface area contributed by atoms with Crippen LogP contribution in [0.25, 0.3) is 0 Å². The van der Waals surface area contributed by atoms with Crippen molar-refractivity contribution in [1.29, 1.82) is 0 Å².